The molecule has 1 aromatic carbocycles. The number of aromatic nitrogens is 1. The van der Waals surface area contributed by atoms with Crippen LogP contribution in [0.2, 0.25) is 0 Å². The van der Waals surface area contributed by atoms with Gasteiger partial charge in [-0.25, -0.2) is 4.79 Å². The molecule has 0 saturated heterocycles. The van der Waals surface area contributed by atoms with E-state index >= 15 is 0 Å². The topological polar surface area (TPSA) is 88.4 Å². The van der Waals surface area contributed by atoms with Crippen molar-refractivity contribution in [1.29, 1.82) is 0 Å². The van der Waals surface area contributed by atoms with Crippen LogP contribution < -0.4 is 10.9 Å². The molecule has 1 heterocycles. The van der Waals surface area contributed by atoms with Gasteiger partial charge in [-0.05, 0) is 11.6 Å². The smallest absolute Gasteiger partial charge is 0.330 e. The van der Waals surface area contributed by atoms with Gasteiger partial charge >= 0.3 is 5.97 Å². The van der Waals surface area contributed by atoms with Crippen molar-refractivity contribution < 1.29 is 14.7 Å². The number of hydrogen-bond donors (Lipinski definition) is 2. The molecule has 2 aromatic rings. The lowest BCUT2D eigenvalue weighted by Gasteiger charge is -2.15. The van der Waals surface area contributed by atoms with Crippen molar-refractivity contribution in [3.63, 3.8) is 0 Å². The molecule has 0 aliphatic heterocycles. The van der Waals surface area contributed by atoms with Crippen LogP contribution in [0, 0.1) is 0 Å². The molecule has 0 aliphatic carbocycles. The van der Waals surface area contributed by atoms with E-state index in [-0.39, 0.29) is 11.1 Å². The van der Waals surface area contributed by atoms with Gasteiger partial charge in [0.1, 0.15) is 0 Å². The Morgan fingerprint density at radius 3 is 2.43 bits per heavy atom. The highest BCUT2D eigenvalue weighted by Crippen LogP contribution is 2.13. The number of carbonyl (C=O) groups is 2. The van der Waals surface area contributed by atoms with Crippen molar-refractivity contribution in [3.05, 3.63) is 70.1 Å². The summed E-state index contributed by atoms with van der Waals surface area (Å²) in [6.07, 6.45) is 1.45. The number of carboxylic acids is 1. The number of benzene rings is 1. The van der Waals surface area contributed by atoms with Crippen LogP contribution in [0.25, 0.3) is 0 Å². The third-order valence-corrected chi connectivity index (χ3v) is 3.02. The summed E-state index contributed by atoms with van der Waals surface area (Å²) < 4.78 is 1.32. The van der Waals surface area contributed by atoms with E-state index in [2.05, 4.69) is 5.32 Å². The minimum absolute atomic E-state index is 0.125. The Bertz CT molecular complexity index is 722. The first-order valence-electron chi connectivity index (χ1n) is 6.24. The first kappa shape index (κ1) is 14.5. The van der Waals surface area contributed by atoms with Gasteiger partial charge in [0.05, 0.1) is 0 Å². The Morgan fingerprint density at radius 2 is 1.86 bits per heavy atom. The van der Waals surface area contributed by atoms with Gasteiger partial charge in [0, 0.05) is 24.9 Å². The SMILES string of the molecule is Cn1ccc(C(=O)N[C@H](C(=O)O)c2ccccc2)cc1=O. The van der Waals surface area contributed by atoms with E-state index in [0.717, 1.165) is 0 Å². The monoisotopic (exact) mass is 286 g/mol. The molecule has 1 amide bonds. The summed E-state index contributed by atoms with van der Waals surface area (Å²) in [5.74, 6) is -1.78. The lowest BCUT2D eigenvalue weighted by atomic mass is 10.1. The lowest BCUT2D eigenvalue weighted by molar-refractivity contribution is -0.139. The van der Waals surface area contributed by atoms with E-state index in [0.29, 0.717) is 5.56 Å². The van der Waals surface area contributed by atoms with Crippen LogP contribution in [-0.4, -0.2) is 21.6 Å². The fraction of sp³-hybridized carbons (Fsp3) is 0.133. The molecule has 21 heavy (non-hydrogen) atoms. The number of nitrogens with zero attached hydrogens (tertiary/aromatic N) is 1. The second kappa shape index (κ2) is 6.04. The number of aliphatic carboxylic acids is 1. The lowest BCUT2D eigenvalue weighted by Crippen LogP contribution is -2.34. The Kier molecular flexibility index (Phi) is 4.18. The maximum absolute atomic E-state index is 12.1. The summed E-state index contributed by atoms with van der Waals surface area (Å²) in [7, 11) is 1.56. The number of carboxylic acid groups (broad SMARTS) is 1. The molecule has 0 saturated carbocycles. The average Bonchev–Trinajstić information content (AvgIpc) is 2.48. The normalized spacial score (nSPS) is 11.7. The van der Waals surface area contributed by atoms with Gasteiger partial charge in [-0.3, -0.25) is 9.59 Å². The molecule has 0 bridgehead atoms. The van der Waals surface area contributed by atoms with E-state index in [1.165, 1.54) is 22.9 Å². The summed E-state index contributed by atoms with van der Waals surface area (Å²) in [4.78, 5) is 34.9. The number of aryl methyl sites for hydroxylation is 1. The van der Waals surface area contributed by atoms with E-state index in [9.17, 15) is 19.5 Å². The molecule has 1 aromatic heterocycles. The summed E-state index contributed by atoms with van der Waals surface area (Å²) >= 11 is 0. The van der Waals surface area contributed by atoms with E-state index < -0.39 is 17.9 Å². The van der Waals surface area contributed by atoms with Crippen LogP contribution in [0.4, 0.5) is 0 Å². The fourth-order valence-corrected chi connectivity index (χ4v) is 1.84. The van der Waals surface area contributed by atoms with Crippen LogP contribution >= 0.6 is 0 Å². The quantitative estimate of drug-likeness (QED) is 0.875. The van der Waals surface area contributed by atoms with Gasteiger partial charge in [-0.2, -0.15) is 0 Å². The zero-order chi connectivity index (χ0) is 15.4. The fourth-order valence-electron chi connectivity index (χ4n) is 1.84. The predicted octanol–water partition coefficient (Wildman–Crippen LogP) is 0.941. The molecule has 0 spiro atoms. The minimum Gasteiger partial charge on any atom is -0.479 e. The Hall–Kier alpha value is -2.89. The molecule has 2 rings (SSSR count). The highest BCUT2D eigenvalue weighted by molar-refractivity contribution is 5.96. The van der Waals surface area contributed by atoms with Crippen LogP contribution in [0.5, 0.6) is 0 Å². The summed E-state index contributed by atoms with van der Waals surface area (Å²) in [6, 6.07) is 9.82. The highest BCUT2D eigenvalue weighted by atomic mass is 16.4. The van der Waals surface area contributed by atoms with Gasteiger partial charge in [-0.1, -0.05) is 30.3 Å². The molecular weight excluding hydrogens is 272 g/mol. The van der Waals surface area contributed by atoms with Crippen molar-refractivity contribution in [3.8, 4) is 0 Å². The molecule has 6 heteroatoms. The number of rotatable bonds is 4. The van der Waals surface area contributed by atoms with Gasteiger partial charge in [0.2, 0.25) is 0 Å². The standard InChI is InChI=1S/C15H14N2O4/c1-17-8-7-11(9-12(17)18)14(19)16-13(15(20)21)10-5-3-2-4-6-10/h2-9,13H,1H3,(H,16,19)(H,20,21)/t13-/m0/s1. The van der Waals surface area contributed by atoms with Gasteiger partial charge in [0.25, 0.3) is 11.5 Å². The molecule has 0 unspecified atom stereocenters. The second-order valence-electron chi connectivity index (χ2n) is 4.52. The maximum Gasteiger partial charge on any atom is 0.330 e. The third kappa shape index (κ3) is 3.36. The van der Waals surface area contributed by atoms with Crippen molar-refractivity contribution in [1.82, 2.24) is 9.88 Å². The van der Waals surface area contributed by atoms with Crippen LogP contribution in [0.1, 0.15) is 22.0 Å². The second-order valence-corrected chi connectivity index (χ2v) is 4.52. The Morgan fingerprint density at radius 1 is 1.19 bits per heavy atom. The molecule has 0 aliphatic rings. The third-order valence-electron chi connectivity index (χ3n) is 3.02. The van der Waals surface area contributed by atoms with Gasteiger partial charge < -0.3 is 15.0 Å². The van der Waals surface area contributed by atoms with E-state index in [1.807, 2.05) is 0 Å². The zero-order valence-electron chi connectivity index (χ0n) is 11.3. The van der Waals surface area contributed by atoms with Crippen molar-refractivity contribution >= 4 is 11.9 Å². The van der Waals surface area contributed by atoms with Gasteiger partial charge in [-0.15, -0.1) is 0 Å². The molecule has 2 N–H and O–H groups in total. The largest absolute Gasteiger partial charge is 0.479 e. The van der Waals surface area contributed by atoms with E-state index in [4.69, 9.17) is 0 Å². The highest BCUT2D eigenvalue weighted by Gasteiger charge is 2.22. The van der Waals surface area contributed by atoms with Crippen molar-refractivity contribution in [2.24, 2.45) is 7.05 Å². The molecule has 6 nitrogen and oxygen atoms in total. The first-order valence-corrected chi connectivity index (χ1v) is 6.24. The summed E-state index contributed by atoms with van der Waals surface area (Å²) in [5, 5.41) is 11.6. The molecular formula is C15H14N2O4. The number of hydrogen-bond acceptors (Lipinski definition) is 3. The van der Waals surface area contributed by atoms with Crippen LogP contribution in [0.15, 0.2) is 53.5 Å². The van der Waals surface area contributed by atoms with E-state index in [1.54, 1.807) is 37.4 Å². The summed E-state index contributed by atoms with van der Waals surface area (Å²) in [6.45, 7) is 0. The maximum atomic E-state index is 12.1. The summed E-state index contributed by atoms with van der Waals surface area (Å²) in [5.41, 5.74) is 0.247. The predicted molar refractivity (Wildman–Crippen MR) is 76.0 cm³/mol. The van der Waals surface area contributed by atoms with Crippen LogP contribution in [-0.2, 0) is 11.8 Å². The van der Waals surface area contributed by atoms with Crippen molar-refractivity contribution in [2.75, 3.05) is 0 Å². The first-order chi connectivity index (χ1) is 9.99. The molecule has 1 atom stereocenters. The number of pyridine rings is 1. The number of carbonyl (C=O) groups excluding carboxylic acids is 1. The average molecular weight is 286 g/mol. The zero-order valence-corrected chi connectivity index (χ0v) is 11.3. The molecule has 108 valence electrons. The number of nitrogens with one attached hydrogen (secondary N) is 1. The minimum atomic E-state index is -1.17. The van der Waals surface area contributed by atoms with Crippen molar-refractivity contribution in [2.45, 2.75) is 6.04 Å². The molecule has 0 radical (unpaired) electrons. The molecule has 0 fully saturated rings. The Balaban J connectivity index is 2.25. The Labute approximate surface area is 120 Å². The van der Waals surface area contributed by atoms with Gasteiger partial charge in [0.15, 0.2) is 6.04 Å². The van der Waals surface area contributed by atoms with Crippen LogP contribution in [0.3, 0.4) is 0 Å². The number of amides is 1.